The maximum Gasteiger partial charge on any atom is 0.320 e. The minimum absolute atomic E-state index is 0.0660. The Kier molecular flexibility index (Phi) is 8.09. The van der Waals surface area contributed by atoms with E-state index in [2.05, 4.69) is 59.0 Å². The second-order valence-electron chi connectivity index (χ2n) is 7.63. The van der Waals surface area contributed by atoms with Gasteiger partial charge in [0.25, 0.3) is 0 Å². The third kappa shape index (κ3) is 7.24. The minimum atomic E-state index is -0.371. The molecule has 2 amide bonds. The van der Waals surface area contributed by atoms with Gasteiger partial charge in [0.2, 0.25) is 0 Å². The zero-order valence-corrected chi connectivity index (χ0v) is 16.3. The summed E-state index contributed by atoms with van der Waals surface area (Å²) in [5.74, 6) is 2.15. The van der Waals surface area contributed by atoms with Crippen LogP contribution < -0.4 is 10.1 Å². The second kappa shape index (κ2) is 9.55. The Labute approximate surface area is 147 Å². The highest BCUT2D eigenvalue weighted by Gasteiger charge is 2.18. The van der Waals surface area contributed by atoms with Gasteiger partial charge in [-0.2, -0.15) is 0 Å². The molecule has 0 radical (unpaired) electrons. The van der Waals surface area contributed by atoms with Gasteiger partial charge in [-0.3, -0.25) is 0 Å². The topological polar surface area (TPSA) is 41.6 Å². The van der Waals surface area contributed by atoms with Gasteiger partial charge in [0.05, 0.1) is 0 Å². The summed E-state index contributed by atoms with van der Waals surface area (Å²) in [5.41, 5.74) is 1.28. The number of ether oxygens (including phenoxy) is 1. The first-order chi connectivity index (χ1) is 11.2. The van der Waals surface area contributed by atoms with Crippen molar-refractivity contribution >= 4 is 6.03 Å². The van der Waals surface area contributed by atoms with Crippen LogP contribution in [-0.2, 0) is 0 Å². The lowest BCUT2D eigenvalue weighted by Crippen LogP contribution is -2.48. The molecule has 0 heterocycles. The standard InChI is InChI=1S/C20H34N2O2/c1-14(2)12-22(13-15(3)4)20(23)21-17(7)24-19-10-8-18(9-11-19)16(5)6/h8-11,14-17H,12-13H2,1-7H3,(H,21,23). The molecule has 1 aromatic carbocycles. The Morgan fingerprint density at radius 3 is 1.88 bits per heavy atom. The number of amides is 2. The van der Waals surface area contributed by atoms with Crippen molar-refractivity contribution in [3.8, 4) is 5.75 Å². The molecule has 4 heteroatoms. The van der Waals surface area contributed by atoms with Crippen molar-refractivity contribution in [2.24, 2.45) is 11.8 Å². The number of nitrogens with zero attached hydrogens (tertiary/aromatic N) is 1. The van der Waals surface area contributed by atoms with Gasteiger partial charge in [-0.1, -0.05) is 53.7 Å². The highest BCUT2D eigenvalue weighted by Crippen LogP contribution is 2.19. The minimum Gasteiger partial charge on any atom is -0.471 e. The molecule has 0 fully saturated rings. The summed E-state index contributed by atoms with van der Waals surface area (Å²) in [4.78, 5) is 14.4. The van der Waals surface area contributed by atoms with Crippen molar-refractivity contribution in [3.05, 3.63) is 29.8 Å². The third-order valence-corrected chi connectivity index (χ3v) is 3.64. The van der Waals surface area contributed by atoms with Crippen molar-refractivity contribution in [2.45, 2.75) is 60.6 Å². The van der Waals surface area contributed by atoms with Crippen LogP contribution >= 0.6 is 0 Å². The summed E-state index contributed by atoms with van der Waals surface area (Å²) in [6.45, 7) is 16.2. The predicted octanol–water partition coefficient (Wildman–Crippen LogP) is 4.86. The molecular weight excluding hydrogens is 300 g/mol. The fraction of sp³-hybridized carbons (Fsp3) is 0.650. The van der Waals surface area contributed by atoms with E-state index in [-0.39, 0.29) is 12.3 Å². The molecule has 4 nitrogen and oxygen atoms in total. The lowest BCUT2D eigenvalue weighted by atomic mass is 10.0. The number of carbonyl (C=O) groups is 1. The third-order valence-electron chi connectivity index (χ3n) is 3.64. The zero-order chi connectivity index (χ0) is 18.3. The van der Waals surface area contributed by atoms with E-state index in [0.29, 0.717) is 17.8 Å². The van der Waals surface area contributed by atoms with Crippen molar-refractivity contribution in [2.75, 3.05) is 13.1 Å². The summed E-state index contributed by atoms with van der Waals surface area (Å²) in [5, 5.41) is 2.94. The highest BCUT2D eigenvalue weighted by atomic mass is 16.5. The molecule has 0 aliphatic rings. The molecule has 0 aliphatic carbocycles. The van der Waals surface area contributed by atoms with Crippen molar-refractivity contribution < 1.29 is 9.53 Å². The number of carbonyl (C=O) groups excluding carboxylic acids is 1. The van der Waals surface area contributed by atoms with Gasteiger partial charge in [0.1, 0.15) is 5.75 Å². The van der Waals surface area contributed by atoms with E-state index in [4.69, 9.17) is 4.74 Å². The van der Waals surface area contributed by atoms with Crippen LogP contribution in [0.4, 0.5) is 4.79 Å². The number of rotatable bonds is 8. The van der Waals surface area contributed by atoms with E-state index in [1.807, 2.05) is 24.0 Å². The molecule has 24 heavy (non-hydrogen) atoms. The average Bonchev–Trinajstić information content (AvgIpc) is 2.45. The van der Waals surface area contributed by atoms with Crippen molar-refractivity contribution in [1.82, 2.24) is 10.2 Å². The van der Waals surface area contributed by atoms with Crippen molar-refractivity contribution in [1.29, 1.82) is 0 Å². The lowest BCUT2D eigenvalue weighted by Gasteiger charge is -2.28. The molecule has 1 atom stereocenters. The molecule has 0 spiro atoms. The fourth-order valence-corrected chi connectivity index (χ4v) is 2.55. The smallest absolute Gasteiger partial charge is 0.320 e. The first-order valence-corrected chi connectivity index (χ1v) is 9.01. The Balaban J connectivity index is 2.60. The largest absolute Gasteiger partial charge is 0.471 e. The molecule has 136 valence electrons. The predicted molar refractivity (Wildman–Crippen MR) is 100 cm³/mol. The van der Waals surface area contributed by atoms with E-state index in [9.17, 15) is 4.79 Å². The van der Waals surface area contributed by atoms with Crippen LogP contribution in [-0.4, -0.2) is 30.2 Å². The number of nitrogens with one attached hydrogen (secondary N) is 1. The number of hydrogen-bond donors (Lipinski definition) is 1. The number of urea groups is 1. The summed E-state index contributed by atoms with van der Waals surface area (Å²) < 4.78 is 5.82. The van der Waals surface area contributed by atoms with Crippen molar-refractivity contribution in [3.63, 3.8) is 0 Å². The monoisotopic (exact) mass is 334 g/mol. The van der Waals surface area contributed by atoms with E-state index in [1.165, 1.54) is 5.56 Å². The fourth-order valence-electron chi connectivity index (χ4n) is 2.55. The average molecular weight is 335 g/mol. The molecule has 0 saturated carbocycles. The summed E-state index contributed by atoms with van der Waals surface area (Å²) in [6.07, 6.45) is -0.371. The molecule has 1 N–H and O–H groups in total. The molecule has 0 aliphatic heterocycles. The molecule has 0 bridgehead atoms. The maximum atomic E-state index is 12.5. The van der Waals surface area contributed by atoms with Gasteiger partial charge >= 0.3 is 6.03 Å². The van der Waals surface area contributed by atoms with Gasteiger partial charge in [0, 0.05) is 13.1 Å². The van der Waals surface area contributed by atoms with E-state index in [1.54, 1.807) is 0 Å². The maximum absolute atomic E-state index is 12.5. The van der Waals surface area contributed by atoms with Crippen LogP contribution in [0, 0.1) is 11.8 Å². The van der Waals surface area contributed by atoms with E-state index >= 15 is 0 Å². The first-order valence-electron chi connectivity index (χ1n) is 9.01. The van der Waals surface area contributed by atoms with Crippen LogP contribution in [0.25, 0.3) is 0 Å². The van der Waals surface area contributed by atoms with Gasteiger partial charge in [-0.25, -0.2) is 4.79 Å². The SMILES string of the molecule is CC(C)CN(CC(C)C)C(=O)NC(C)Oc1ccc(C(C)C)cc1. The Hall–Kier alpha value is -1.71. The molecule has 1 unspecified atom stereocenters. The van der Waals surface area contributed by atoms with Gasteiger partial charge in [-0.15, -0.1) is 0 Å². The normalized spacial score (nSPS) is 12.6. The molecular formula is C20H34N2O2. The van der Waals surface area contributed by atoms with Gasteiger partial charge in [0.15, 0.2) is 6.23 Å². The van der Waals surface area contributed by atoms with Crippen LogP contribution in [0.5, 0.6) is 5.75 Å². The first kappa shape index (κ1) is 20.3. The molecule has 0 saturated heterocycles. The van der Waals surface area contributed by atoms with Crippen LogP contribution in [0.15, 0.2) is 24.3 Å². The zero-order valence-electron chi connectivity index (χ0n) is 16.3. The quantitative estimate of drug-likeness (QED) is 0.690. The summed E-state index contributed by atoms with van der Waals surface area (Å²) >= 11 is 0. The van der Waals surface area contributed by atoms with Gasteiger partial charge in [-0.05, 0) is 42.4 Å². The lowest BCUT2D eigenvalue weighted by molar-refractivity contribution is 0.145. The van der Waals surface area contributed by atoms with Gasteiger partial charge < -0.3 is 15.0 Å². The molecule has 0 aromatic heterocycles. The number of hydrogen-bond acceptors (Lipinski definition) is 2. The van der Waals surface area contributed by atoms with E-state index < -0.39 is 0 Å². The molecule has 1 rings (SSSR count). The Morgan fingerprint density at radius 1 is 0.958 bits per heavy atom. The highest BCUT2D eigenvalue weighted by molar-refractivity contribution is 5.74. The summed E-state index contributed by atoms with van der Waals surface area (Å²) in [6, 6.07) is 7.98. The Bertz CT molecular complexity index is 485. The van der Waals surface area contributed by atoms with Crippen LogP contribution in [0.1, 0.15) is 59.9 Å². The van der Waals surface area contributed by atoms with E-state index in [0.717, 1.165) is 18.8 Å². The number of benzene rings is 1. The van der Waals surface area contributed by atoms with Crippen LogP contribution in [0.3, 0.4) is 0 Å². The van der Waals surface area contributed by atoms with Crippen LogP contribution in [0.2, 0.25) is 0 Å². The molecule has 1 aromatic rings. The summed E-state index contributed by atoms with van der Waals surface area (Å²) in [7, 11) is 0. The Morgan fingerprint density at radius 2 is 1.46 bits per heavy atom. The second-order valence-corrected chi connectivity index (χ2v) is 7.63.